The summed E-state index contributed by atoms with van der Waals surface area (Å²) in [4.78, 5) is 0. The van der Waals surface area contributed by atoms with Crippen molar-refractivity contribution in [2.75, 3.05) is 0 Å². The van der Waals surface area contributed by atoms with Crippen LogP contribution in [0.2, 0.25) is 0 Å². The zero-order valence-electron chi connectivity index (χ0n) is 6.18. The van der Waals surface area contributed by atoms with Gasteiger partial charge in [0.15, 0.2) is 0 Å². The van der Waals surface area contributed by atoms with Gasteiger partial charge in [-0.1, -0.05) is 26.0 Å². The predicted molar refractivity (Wildman–Crippen MR) is 36.6 cm³/mol. The first-order chi connectivity index (χ1) is 4.43. The highest BCUT2D eigenvalue weighted by Gasteiger charge is 2.04. The van der Waals surface area contributed by atoms with E-state index in [1.165, 1.54) is 0 Å². The highest BCUT2D eigenvalue weighted by Crippen LogP contribution is 1.94. The zero-order chi connectivity index (χ0) is 7.11. The van der Waals surface area contributed by atoms with Crippen molar-refractivity contribution in [2.24, 2.45) is 10.3 Å². The molecular formula is C5H14N4. The number of nitrogens with zero attached hydrogens (tertiary/aromatic N) is 2. The molecule has 0 amide bonds. The van der Waals surface area contributed by atoms with Crippen molar-refractivity contribution < 1.29 is 0 Å². The largest absolute Gasteiger partial charge is 0.222 e. The standard InChI is InChI=1S/C3H8N4.C2H6/c1-2-3-4-6-7-5-3;1-2/h3H,2H2,1H3,(H,4,7)(H,5,6);1-2H3. The Morgan fingerprint density at radius 1 is 1.44 bits per heavy atom. The van der Waals surface area contributed by atoms with Crippen LogP contribution < -0.4 is 11.0 Å². The number of hydrogen-bond donors (Lipinski definition) is 2. The summed E-state index contributed by atoms with van der Waals surface area (Å²) in [6.45, 7) is 6.05. The molecular weight excluding hydrogens is 116 g/mol. The fourth-order valence-corrected chi connectivity index (χ4v) is 0.415. The molecule has 2 N–H and O–H groups in total. The van der Waals surface area contributed by atoms with E-state index < -0.39 is 0 Å². The van der Waals surface area contributed by atoms with E-state index in [0.717, 1.165) is 6.42 Å². The van der Waals surface area contributed by atoms with Crippen LogP contribution in [0.1, 0.15) is 27.2 Å². The van der Waals surface area contributed by atoms with Crippen LogP contribution in [0.4, 0.5) is 0 Å². The SMILES string of the molecule is CC.CCC1N=NNN1. The molecule has 54 valence electrons. The monoisotopic (exact) mass is 130 g/mol. The zero-order valence-corrected chi connectivity index (χ0v) is 6.18. The quantitative estimate of drug-likeness (QED) is 0.560. The maximum Gasteiger partial charge on any atom is 0.140 e. The summed E-state index contributed by atoms with van der Waals surface area (Å²) in [7, 11) is 0. The third-order valence-corrected chi connectivity index (χ3v) is 0.865. The molecule has 1 aliphatic rings. The molecule has 0 aliphatic carbocycles. The van der Waals surface area contributed by atoms with Crippen LogP contribution in [-0.4, -0.2) is 6.17 Å². The van der Waals surface area contributed by atoms with E-state index in [1.807, 2.05) is 20.8 Å². The average Bonchev–Trinajstić information content (AvgIpc) is 2.43. The summed E-state index contributed by atoms with van der Waals surface area (Å²) in [5, 5.41) is 7.26. The Morgan fingerprint density at radius 2 is 2.11 bits per heavy atom. The minimum atomic E-state index is 0.194. The first kappa shape index (κ1) is 8.36. The second-order valence-electron chi connectivity index (χ2n) is 1.40. The minimum absolute atomic E-state index is 0.194. The lowest BCUT2D eigenvalue weighted by molar-refractivity contribution is 0.520. The molecule has 0 radical (unpaired) electrons. The van der Waals surface area contributed by atoms with Gasteiger partial charge in [-0.25, -0.2) is 5.53 Å². The summed E-state index contributed by atoms with van der Waals surface area (Å²) < 4.78 is 0. The van der Waals surface area contributed by atoms with E-state index in [9.17, 15) is 0 Å². The molecule has 0 saturated heterocycles. The number of rotatable bonds is 1. The molecule has 1 unspecified atom stereocenters. The van der Waals surface area contributed by atoms with Gasteiger partial charge < -0.3 is 0 Å². The molecule has 0 aromatic rings. The third kappa shape index (κ3) is 3.03. The molecule has 0 aromatic heterocycles. The Kier molecular flexibility index (Phi) is 5.11. The van der Waals surface area contributed by atoms with E-state index in [1.54, 1.807) is 0 Å². The van der Waals surface area contributed by atoms with Gasteiger partial charge in [-0.15, -0.1) is 5.11 Å². The molecule has 0 saturated carbocycles. The van der Waals surface area contributed by atoms with Gasteiger partial charge in [-0.05, 0) is 6.42 Å². The van der Waals surface area contributed by atoms with Crippen molar-refractivity contribution in [1.29, 1.82) is 0 Å². The minimum Gasteiger partial charge on any atom is -0.222 e. The maximum atomic E-state index is 3.76. The van der Waals surface area contributed by atoms with Crippen LogP contribution >= 0.6 is 0 Å². The van der Waals surface area contributed by atoms with Crippen LogP contribution in [-0.2, 0) is 0 Å². The fraction of sp³-hybridized carbons (Fsp3) is 1.00. The van der Waals surface area contributed by atoms with Gasteiger partial charge in [-0.2, -0.15) is 5.43 Å². The van der Waals surface area contributed by atoms with E-state index in [0.29, 0.717) is 0 Å². The lowest BCUT2D eigenvalue weighted by Gasteiger charge is -1.96. The van der Waals surface area contributed by atoms with Gasteiger partial charge in [-0.3, -0.25) is 0 Å². The van der Waals surface area contributed by atoms with Gasteiger partial charge in [0.2, 0.25) is 0 Å². The Hall–Kier alpha value is -0.640. The highest BCUT2D eigenvalue weighted by molar-refractivity contribution is 4.56. The molecule has 4 heteroatoms. The predicted octanol–water partition coefficient (Wildman–Crippen LogP) is 1.22. The Bertz CT molecular complexity index is 81.0. The van der Waals surface area contributed by atoms with Crippen molar-refractivity contribution in [3.05, 3.63) is 0 Å². The summed E-state index contributed by atoms with van der Waals surface area (Å²) in [6, 6.07) is 0. The molecule has 0 fully saturated rings. The first-order valence-corrected chi connectivity index (χ1v) is 3.34. The van der Waals surface area contributed by atoms with E-state index in [-0.39, 0.29) is 6.17 Å². The molecule has 1 heterocycles. The van der Waals surface area contributed by atoms with Crippen molar-refractivity contribution >= 4 is 0 Å². The molecule has 9 heavy (non-hydrogen) atoms. The molecule has 0 aromatic carbocycles. The van der Waals surface area contributed by atoms with Crippen LogP contribution in [0, 0.1) is 0 Å². The van der Waals surface area contributed by atoms with Crippen LogP contribution in [0.25, 0.3) is 0 Å². The third-order valence-electron chi connectivity index (χ3n) is 0.865. The van der Waals surface area contributed by atoms with Crippen molar-refractivity contribution in [2.45, 2.75) is 33.4 Å². The van der Waals surface area contributed by atoms with Crippen LogP contribution in [0.15, 0.2) is 10.3 Å². The summed E-state index contributed by atoms with van der Waals surface area (Å²) >= 11 is 0. The molecule has 0 spiro atoms. The van der Waals surface area contributed by atoms with Gasteiger partial charge in [0.25, 0.3) is 0 Å². The lowest BCUT2D eigenvalue weighted by Crippen LogP contribution is -2.29. The Labute approximate surface area is 55.7 Å². The second-order valence-corrected chi connectivity index (χ2v) is 1.40. The van der Waals surface area contributed by atoms with E-state index in [2.05, 4.69) is 21.3 Å². The van der Waals surface area contributed by atoms with Crippen molar-refractivity contribution in [3.63, 3.8) is 0 Å². The van der Waals surface area contributed by atoms with Gasteiger partial charge in [0, 0.05) is 0 Å². The molecule has 0 bridgehead atoms. The van der Waals surface area contributed by atoms with Crippen molar-refractivity contribution in [1.82, 2.24) is 11.0 Å². The average molecular weight is 130 g/mol. The number of hydrogen-bond acceptors (Lipinski definition) is 4. The smallest absolute Gasteiger partial charge is 0.140 e. The molecule has 1 aliphatic heterocycles. The highest BCUT2D eigenvalue weighted by atomic mass is 15.7. The van der Waals surface area contributed by atoms with E-state index in [4.69, 9.17) is 0 Å². The van der Waals surface area contributed by atoms with Gasteiger partial charge in [0.05, 0.1) is 0 Å². The normalized spacial score (nSPS) is 22.3. The Morgan fingerprint density at radius 3 is 2.33 bits per heavy atom. The second kappa shape index (κ2) is 5.50. The maximum absolute atomic E-state index is 3.76. The summed E-state index contributed by atoms with van der Waals surface area (Å²) in [5.41, 5.74) is 5.35. The van der Waals surface area contributed by atoms with Crippen molar-refractivity contribution in [3.8, 4) is 0 Å². The van der Waals surface area contributed by atoms with Crippen LogP contribution in [0.3, 0.4) is 0 Å². The first-order valence-electron chi connectivity index (χ1n) is 3.34. The molecule has 1 rings (SSSR count). The number of nitrogens with one attached hydrogen (secondary N) is 2. The molecule has 4 nitrogen and oxygen atoms in total. The fourth-order valence-electron chi connectivity index (χ4n) is 0.415. The van der Waals surface area contributed by atoms with Crippen LogP contribution in [0.5, 0.6) is 0 Å². The lowest BCUT2D eigenvalue weighted by atomic mass is 10.4. The van der Waals surface area contributed by atoms with Gasteiger partial charge >= 0.3 is 0 Å². The molecule has 1 atom stereocenters. The number of hydrazine groups is 1. The summed E-state index contributed by atoms with van der Waals surface area (Å²) in [6.07, 6.45) is 1.18. The van der Waals surface area contributed by atoms with Gasteiger partial charge in [0.1, 0.15) is 6.17 Å². The topological polar surface area (TPSA) is 48.8 Å². The Balaban J connectivity index is 0.000000291. The summed E-state index contributed by atoms with van der Waals surface area (Å²) in [5.74, 6) is 0. The van der Waals surface area contributed by atoms with E-state index >= 15 is 0 Å².